The van der Waals surface area contributed by atoms with Crippen molar-refractivity contribution in [3.63, 3.8) is 0 Å². The summed E-state index contributed by atoms with van der Waals surface area (Å²) in [6.07, 6.45) is 1.16. The van der Waals surface area contributed by atoms with Crippen LogP contribution >= 0.6 is 0 Å². The van der Waals surface area contributed by atoms with E-state index in [-0.39, 0.29) is 13.2 Å². The molecule has 0 saturated heterocycles. The van der Waals surface area contributed by atoms with Gasteiger partial charge in [0.25, 0.3) is 0 Å². The summed E-state index contributed by atoms with van der Waals surface area (Å²) in [5.41, 5.74) is 1.19. The second-order valence-electron chi connectivity index (χ2n) is 4.95. The Labute approximate surface area is 115 Å². The Morgan fingerprint density at radius 3 is 2.58 bits per heavy atom. The Kier molecular flexibility index (Phi) is 7.48. The molecule has 1 rings (SSSR count). The second kappa shape index (κ2) is 8.91. The fourth-order valence-corrected chi connectivity index (χ4v) is 1.72. The van der Waals surface area contributed by atoms with Gasteiger partial charge in [-0.15, -0.1) is 0 Å². The molecule has 108 valence electrons. The van der Waals surface area contributed by atoms with Gasteiger partial charge in [0.1, 0.15) is 18.5 Å². The first-order valence-corrected chi connectivity index (χ1v) is 6.83. The van der Waals surface area contributed by atoms with E-state index in [0.717, 1.165) is 18.6 Å². The van der Waals surface area contributed by atoms with E-state index in [4.69, 9.17) is 9.84 Å². The first-order valence-electron chi connectivity index (χ1n) is 6.83. The number of hydrogen-bond acceptors (Lipinski definition) is 4. The SMILES string of the molecule is Cc1ccc(OCC(O)CNC(C)CCCO)cc1. The number of hydrogen-bond donors (Lipinski definition) is 3. The summed E-state index contributed by atoms with van der Waals surface area (Å²) in [4.78, 5) is 0. The lowest BCUT2D eigenvalue weighted by molar-refractivity contribution is 0.103. The van der Waals surface area contributed by atoms with Crippen LogP contribution in [0.25, 0.3) is 0 Å². The van der Waals surface area contributed by atoms with E-state index in [9.17, 15) is 5.11 Å². The molecule has 0 aliphatic rings. The summed E-state index contributed by atoms with van der Waals surface area (Å²) >= 11 is 0. The Morgan fingerprint density at radius 2 is 1.95 bits per heavy atom. The third-order valence-electron chi connectivity index (χ3n) is 2.96. The zero-order valence-electron chi connectivity index (χ0n) is 11.8. The average Bonchev–Trinajstić information content (AvgIpc) is 2.42. The molecule has 4 heteroatoms. The quantitative estimate of drug-likeness (QED) is 0.634. The van der Waals surface area contributed by atoms with Crippen molar-refractivity contribution in [2.24, 2.45) is 0 Å². The van der Waals surface area contributed by atoms with Crippen LogP contribution in [-0.2, 0) is 0 Å². The minimum Gasteiger partial charge on any atom is -0.491 e. The van der Waals surface area contributed by atoms with Crippen LogP contribution in [-0.4, -0.2) is 42.1 Å². The molecule has 0 radical (unpaired) electrons. The summed E-state index contributed by atoms with van der Waals surface area (Å²) in [5, 5.41) is 21.7. The lowest BCUT2D eigenvalue weighted by Crippen LogP contribution is -2.36. The molecule has 4 nitrogen and oxygen atoms in total. The van der Waals surface area contributed by atoms with Crippen molar-refractivity contribution in [1.82, 2.24) is 5.32 Å². The summed E-state index contributed by atoms with van der Waals surface area (Å²) < 4.78 is 5.51. The molecule has 1 aromatic rings. The van der Waals surface area contributed by atoms with Crippen LogP contribution in [0.1, 0.15) is 25.3 Å². The minimum atomic E-state index is -0.530. The summed E-state index contributed by atoms with van der Waals surface area (Å²) in [6, 6.07) is 8.06. The van der Waals surface area contributed by atoms with Gasteiger partial charge in [0.05, 0.1) is 0 Å². The van der Waals surface area contributed by atoms with Gasteiger partial charge in [0.2, 0.25) is 0 Å². The molecule has 0 aromatic heterocycles. The van der Waals surface area contributed by atoms with Crippen molar-refractivity contribution < 1.29 is 14.9 Å². The molecule has 0 fully saturated rings. The number of aliphatic hydroxyl groups is 2. The van der Waals surface area contributed by atoms with Crippen LogP contribution in [0.2, 0.25) is 0 Å². The maximum absolute atomic E-state index is 9.80. The van der Waals surface area contributed by atoms with Crippen molar-refractivity contribution in [2.75, 3.05) is 19.8 Å². The van der Waals surface area contributed by atoms with Gasteiger partial charge in [-0.2, -0.15) is 0 Å². The van der Waals surface area contributed by atoms with Crippen molar-refractivity contribution >= 4 is 0 Å². The standard InChI is InChI=1S/C15H25NO3/c1-12-5-7-15(8-6-12)19-11-14(18)10-16-13(2)4-3-9-17/h5-8,13-14,16-18H,3-4,9-11H2,1-2H3. The Hall–Kier alpha value is -1.10. The highest BCUT2D eigenvalue weighted by Gasteiger charge is 2.07. The van der Waals surface area contributed by atoms with Crippen molar-refractivity contribution in [2.45, 2.75) is 38.8 Å². The fourth-order valence-electron chi connectivity index (χ4n) is 1.72. The van der Waals surface area contributed by atoms with Gasteiger partial charge < -0.3 is 20.3 Å². The van der Waals surface area contributed by atoms with E-state index in [1.165, 1.54) is 5.56 Å². The molecule has 0 saturated carbocycles. The topological polar surface area (TPSA) is 61.7 Å². The number of nitrogens with one attached hydrogen (secondary N) is 1. The Balaban J connectivity index is 2.17. The third kappa shape index (κ3) is 7.15. The zero-order chi connectivity index (χ0) is 14.1. The van der Waals surface area contributed by atoms with Gasteiger partial charge in [-0.25, -0.2) is 0 Å². The van der Waals surface area contributed by atoms with E-state index in [0.29, 0.717) is 12.6 Å². The lowest BCUT2D eigenvalue weighted by Gasteiger charge is -2.17. The third-order valence-corrected chi connectivity index (χ3v) is 2.96. The predicted molar refractivity (Wildman–Crippen MR) is 76.5 cm³/mol. The number of aliphatic hydroxyl groups excluding tert-OH is 2. The van der Waals surface area contributed by atoms with Crippen LogP contribution in [0, 0.1) is 6.92 Å². The molecule has 2 unspecified atom stereocenters. The number of benzene rings is 1. The number of ether oxygens (including phenoxy) is 1. The van der Waals surface area contributed by atoms with E-state index < -0.39 is 6.10 Å². The smallest absolute Gasteiger partial charge is 0.119 e. The summed E-state index contributed by atoms with van der Waals surface area (Å²) in [7, 11) is 0. The molecule has 19 heavy (non-hydrogen) atoms. The van der Waals surface area contributed by atoms with Crippen molar-refractivity contribution in [3.05, 3.63) is 29.8 Å². The molecule has 3 N–H and O–H groups in total. The van der Waals surface area contributed by atoms with Crippen LogP contribution in [0.5, 0.6) is 5.75 Å². The highest BCUT2D eigenvalue weighted by atomic mass is 16.5. The predicted octanol–water partition coefficient (Wildman–Crippen LogP) is 1.49. The summed E-state index contributed by atoms with van der Waals surface area (Å²) in [5.74, 6) is 0.776. The Bertz CT molecular complexity index is 340. The zero-order valence-corrected chi connectivity index (χ0v) is 11.8. The molecule has 1 aromatic carbocycles. The molecule has 0 bridgehead atoms. The van der Waals surface area contributed by atoms with Crippen LogP contribution in [0.4, 0.5) is 0 Å². The largest absolute Gasteiger partial charge is 0.491 e. The van der Waals surface area contributed by atoms with Crippen LogP contribution in [0.3, 0.4) is 0 Å². The molecule has 0 spiro atoms. The van der Waals surface area contributed by atoms with Crippen LogP contribution < -0.4 is 10.1 Å². The molecule has 0 heterocycles. The highest BCUT2D eigenvalue weighted by Crippen LogP contribution is 2.11. The van der Waals surface area contributed by atoms with Gasteiger partial charge in [0, 0.05) is 19.2 Å². The van der Waals surface area contributed by atoms with Crippen molar-refractivity contribution in [3.8, 4) is 5.75 Å². The molecular weight excluding hydrogens is 242 g/mol. The van der Waals surface area contributed by atoms with Gasteiger partial charge in [-0.1, -0.05) is 17.7 Å². The van der Waals surface area contributed by atoms with E-state index in [1.54, 1.807) is 0 Å². The van der Waals surface area contributed by atoms with Gasteiger partial charge >= 0.3 is 0 Å². The average molecular weight is 267 g/mol. The molecule has 0 amide bonds. The second-order valence-corrected chi connectivity index (χ2v) is 4.95. The first-order chi connectivity index (χ1) is 9.11. The Morgan fingerprint density at radius 1 is 1.26 bits per heavy atom. The lowest BCUT2D eigenvalue weighted by atomic mass is 10.2. The minimum absolute atomic E-state index is 0.213. The normalized spacial score (nSPS) is 14.1. The van der Waals surface area contributed by atoms with Gasteiger partial charge in [-0.3, -0.25) is 0 Å². The first kappa shape index (κ1) is 16.0. The molecule has 0 aliphatic heterocycles. The molecular formula is C15H25NO3. The van der Waals surface area contributed by atoms with E-state index in [2.05, 4.69) is 5.32 Å². The number of rotatable bonds is 9. The molecule has 2 atom stereocenters. The highest BCUT2D eigenvalue weighted by molar-refractivity contribution is 5.26. The maximum atomic E-state index is 9.80. The van der Waals surface area contributed by atoms with E-state index in [1.807, 2.05) is 38.1 Å². The molecule has 0 aliphatic carbocycles. The maximum Gasteiger partial charge on any atom is 0.119 e. The fraction of sp³-hybridized carbons (Fsp3) is 0.600. The van der Waals surface area contributed by atoms with Crippen molar-refractivity contribution in [1.29, 1.82) is 0 Å². The van der Waals surface area contributed by atoms with Gasteiger partial charge in [0.15, 0.2) is 0 Å². The van der Waals surface area contributed by atoms with E-state index >= 15 is 0 Å². The van der Waals surface area contributed by atoms with Gasteiger partial charge in [-0.05, 0) is 38.8 Å². The monoisotopic (exact) mass is 267 g/mol. The summed E-state index contributed by atoms with van der Waals surface area (Å²) in [6.45, 7) is 5.06. The number of aryl methyl sites for hydroxylation is 1. The van der Waals surface area contributed by atoms with Crippen LogP contribution in [0.15, 0.2) is 24.3 Å².